The Morgan fingerprint density at radius 2 is 1.79 bits per heavy atom. The van der Waals surface area contributed by atoms with Crippen LogP contribution >= 0.6 is 0 Å². The van der Waals surface area contributed by atoms with E-state index in [9.17, 15) is 4.79 Å². The van der Waals surface area contributed by atoms with Gasteiger partial charge < -0.3 is 10.6 Å². The molecule has 2 aliphatic rings. The second kappa shape index (κ2) is 6.53. The lowest BCUT2D eigenvalue weighted by Gasteiger charge is -2.42. The molecule has 0 bridgehead atoms. The first-order valence-corrected chi connectivity index (χ1v) is 7.54. The maximum Gasteiger partial charge on any atom is 0.230 e. The third kappa shape index (κ3) is 3.18. The van der Waals surface area contributed by atoms with Gasteiger partial charge in [0.05, 0.1) is 5.41 Å². The summed E-state index contributed by atoms with van der Waals surface area (Å²) in [5, 5.41) is 0. The van der Waals surface area contributed by atoms with Crippen molar-refractivity contribution in [1.29, 1.82) is 0 Å². The van der Waals surface area contributed by atoms with Gasteiger partial charge in [-0.1, -0.05) is 25.3 Å². The van der Waals surface area contributed by atoms with Gasteiger partial charge in [-0.2, -0.15) is 0 Å². The summed E-state index contributed by atoms with van der Waals surface area (Å²) in [5.74, 6) is 0.313. The predicted octanol–water partition coefficient (Wildman–Crippen LogP) is 1.23. The van der Waals surface area contributed by atoms with Gasteiger partial charge in [-0.05, 0) is 12.8 Å². The molecular formula is C15H27N3O. The molecule has 108 valence electrons. The fourth-order valence-electron chi connectivity index (χ4n) is 3.39. The zero-order valence-electron chi connectivity index (χ0n) is 11.9. The highest BCUT2D eigenvalue weighted by Crippen LogP contribution is 2.37. The molecule has 0 aromatic carbocycles. The van der Waals surface area contributed by atoms with Crippen molar-refractivity contribution in [3.63, 3.8) is 0 Å². The van der Waals surface area contributed by atoms with Gasteiger partial charge in [0, 0.05) is 39.3 Å². The van der Waals surface area contributed by atoms with Gasteiger partial charge in [-0.15, -0.1) is 6.58 Å². The van der Waals surface area contributed by atoms with Crippen molar-refractivity contribution in [3.8, 4) is 0 Å². The molecule has 2 fully saturated rings. The van der Waals surface area contributed by atoms with Crippen LogP contribution in [0.2, 0.25) is 0 Å². The largest absolute Gasteiger partial charge is 0.340 e. The van der Waals surface area contributed by atoms with Crippen LogP contribution in [0.5, 0.6) is 0 Å². The van der Waals surface area contributed by atoms with Crippen molar-refractivity contribution in [1.82, 2.24) is 9.80 Å². The molecule has 0 aromatic rings. The molecule has 0 spiro atoms. The fourth-order valence-corrected chi connectivity index (χ4v) is 3.39. The van der Waals surface area contributed by atoms with Crippen LogP contribution < -0.4 is 5.73 Å². The minimum atomic E-state index is -0.251. The van der Waals surface area contributed by atoms with Crippen LogP contribution in [0.15, 0.2) is 12.7 Å². The Morgan fingerprint density at radius 3 is 2.32 bits per heavy atom. The average Bonchev–Trinajstić information content (AvgIpc) is 2.48. The van der Waals surface area contributed by atoms with Crippen LogP contribution in [-0.4, -0.2) is 55.0 Å². The minimum absolute atomic E-state index is 0.251. The molecular weight excluding hydrogens is 238 g/mol. The van der Waals surface area contributed by atoms with Crippen molar-refractivity contribution in [3.05, 3.63) is 12.7 Å². The van der Waals surface area contributed by atoms with Gasteiger partial charge in [0.25, 0.3) is 0 Å². The van der Waals surface area contributed by atoms with Gasteiger partial charge in [-0.25, -0.2) is 0 Å². The Kier molecular flexibility index (Phi) is 4.99. The number of rotatable bonds is 4. The van der Waals surface area contributed by atoms with Crippen molar-refractivity contribution in [2.45, 2.75) is 32.1 Å². The lowest BCUT2D eigenvalue weighted by molar-refractivity contribution is -0.145. The van der Waals surface area contributed by atoms with E-state index < -0.39 is 0 Å². The van der Waals surface area contributed by atoms with Gasteiger partial charge in [0.15, 0.2) is 0 Å². The molecule has 2 N–H and O–H groups in total. The summed E-state index contributed by atoms with van der Waals surface area (Å²) in [6, 6.07) is 0. The molecule has 0 atom stereocenters. The molecule has 4 nitrogen and oxygen atoms in total. The molecule has 1 saturated carbocycles. The van der Waals surface area contributed by atoms with E-state index in [0.717, 1.165) is 58.4 Å². The van der Waals surface area contributed by atoms with Crippen molar-refractivity contribution in [2.24, 2.45) is 11.1 Å². The highest BCUT2D eigenvalue weighted by atomic mass is 16.2. The molecule has 1 amide bonds. The maximum absolute atomic E-state index is 12.8. The number of carbonyl (C=O) groups is 1. The van der Waals surface area contributed by atoms with E-state index in [1.807, 2.05) is 11.0 Å². The van der Waals surface area contributed by atoms with E-state index in [2.05, 4.69) is 11.5 Å². The summed E-state index contributed by atoms with van der Waals surface area (Å²) in [6.45, 7) is 8.80. The van der Waals surface area contributed by atoms with Gasteiger partial charge >= 0.3 is 0 Å². The van der Waals surface area contributed by atoms with E-state index in [-0.39, 0.29) is 5.41 Å². The van der Waals surface area contributed by atoms with Crippen LogP contribution in [0, 0.1) is 5.41 Å². The monoisotopic (exact) mass is 265 g/mol. The lowest BCUT2D eigenvalue weighted by atomic mass is 9.73. The molecule has 1 aliphatic heterocycles. The molecule has 4 heteroatoms. The highest BCUT2D eigenvalue weighted by molar-refractivity contribution is 5.83. The third-order valence-electron chi connectivity index (χ3n) is 4.70. The smallest absolute Gasteiger partial charge is 0.230 e. The molecule has 1 heterocycles. The number of amides is 1. The zero-order chi connectivity index (χ0) is 13.7. The average molecular weight is 265 g/mol. The Balaban J connectivity index is 1.94. The maximum atomic E-state index is 12.8. The summed E-state index contributed by atoms with van der Waals surface area (Å²) in [6.07, 6.45) is 7.45. The normalized spacial score (nSPS) is 24.2. The first kappa shape index (κ1) is 14.5. The first-order valence-electron chi connectivity index (χ1n) is 7.54. The van der Waals surface area contributed by atoms with E-state index in [1.54, 1.807) is 0 Å². The quantitative estimate of drug-likeness (QED) is 0.778. The summed E-state index contributed by atoms with van der Waals surface area (Å²) in [5.41, 5.74) is 5.70. The second-order valence-electron chi connectivity index (χ2n) is 5.93. The van der Waals surface area contributed by atoms with Gasteiger partial charge in [-0.3, -0.25) is 9.69 Å². The van der Waals surface area contributed by atoms with Crippen molar-refractivity contribution < 1.29 is 4.79 Å². The number of hydrogen-bond acceptors (Lipinski definition) is 3. The summed E-state index contributed by atoms with van der Waals surface area (Å²) >= 11 is 0. The molecule has 0 unspecified atom stereocenters. The Morgan fingerprint density at radius 1 is 1.16 bits per heavy atom. The number of nitrogens with zero attached hydrogens (tertiary/aromatic N) is 2. The van der Waals surface area contributed by atoms with E-state index in [4.69, 9.17) is 5.73 Å². The topological polar surface area (TPSA) is 49.6 Å². The van der Waals surface area contributed by atoms with E-state index >= 15 is 0 Å². The van der Waals surface area contributed by atoms with Crippen LogP contribution in [0.25, 0.3) is 0 Å². The van der Waals surface area contributed by atoms with Crippen molar-refractivity contribution in [2.75, 3.05) is 39.3 Å². The first-order chi connectivity index (χ1) is 9.22. The van der Waals surface area contributed by atoms with Crippen LogP contribution in [0.4, 0.5) is 0 Å². The van der Waals surface area contributed by atoms with E-state index in [0.29, 0.717) is 12.5 Å². The number of nitrogens with two attached hydrogens (primary N) is 1. The standard InChI is InChI=1S/C15H27N3O/c1-2-8-17-9-11-18(12-10-17)14(19)15(13-16)6-4-3-5-7-15/h2H,1,3-13,16H2. The summed E-state index contributed by atoms with van der Waals surface area (Å²) < 4.78 is 0. The SMILES string of the molecule is C=CCN1CCN(C(=O)C2(CN)CCCCC2)CC1. The number of piperazine rings is 1. The molecule has 19 heavy (non-hydrogen) atoms. The Labute approximate surface area is 116 Å². The fraction of sp³-hybridized carbons (Fsp3) is 0.800. The number of carbonyl (C=O) groups excluding carboxylic acids is 1. The van der Waals surface area contributed by atoms with E-state index in [1.165, 1.54) is 6.42 Å². The highest BCUT2D eigenvalue weighted by Gasteiger charge is 2.41. The second-order valence-corrected chi connectivity index (χ2v) is 5.93. The van der Waals surface area contributed by atoms with Crippen LogP contribution in [-0.2, 0) is 4.79 Å². The van der Waals surface area contributed by atoms with Crippen molar-refractivity contribution >= 4 is 5.91 Å². The van der Waals surface area contributed by atoms with Crippen LogP contribution in [0.3, 0.4) is 0 Å². The van der Waals surface area contributed by atoms with Crippen LogP contribution in [0.1, 0.15) is 32.1 Å². The summed E-state index contributed by atoms with van der Waals surface area (Å²) in [4.78, 5) is 17.2. The van der Waals surface area contributed by atoms with Gasteiger partial charge in [0.1, 0.15) is 0 Å². The molecule has 0 radical (unpaired) electrons. The lowest BCUT2D eigenvalue weighted by Crippen LogP contribution is -2.55. The number of hydrogen-bond donors (Lipinski definition) is 1. The molecule has 0 aromatic heterocycles. The zero-order valence-corrected chi connectivity index (χ0v) is 11.9. The Bertz CT molecular complexity index is 315. The van der Waals surface area contributed by atoms with Gasteiger partial charge in [0.2, 0.25) is 5.91 Å². The minimum Gasteiger partial charge on any atom is -0.340 e. The molecule has 1 aliphatic carbocycles. The summed E-state index contributed by atoms with van der Waals surface area (Å²) in [7, 11) is 0. The predicted molar refractivity (Wildman–Crippen MR) is 77.8 cm³/mol. The molecule has 2 rings (SSSR count). The molecule has 1 saturated heterocycles. The third-order valence-corrected chi connectivity index (χ3v) is 4.70. The Hall–Kier alpha value is -0.870.